The van der Waals surface area contributed by atoms with Crippen molar-refractivity contribution in [1.29, 1.82) is 0 Å². The molecule has 200 valence electrons. The summed E-state index contributed by atoms with van der Waals surface area (Å²) in [7, 11) is 0. The predicted molar refractivity (Wildman–Crippen MR) is 157 cm³/mol. The maximum Gasteiger partial charge on any atom is 0.0665 e. The van der Waals surface area contributed by atoms with Gasteiger partial charge in [0.1, 0.15) is 0 Å². The predicted octanol–water partition coefficient (Wildman–Crippen LogP) is 10.8. The Balaban J connectivity index is 0.00000648. The number of nitrogens with zero attached hydrogens (tertiary/aromatic N) is 2. The van der Waals surface area contributed by atoms with Crippen LogP contribution >= 0.6 is 0 Å². The number of aliphatic imine (C=N–C) groups is 2. The molecule has 36 heavy (non-hydrogen) atoms. The van der Waals surface area contributed by atoms with Crippen LogP contribution in [0.15, 0.2) is 76.7 Å². The van der Waals surface area contributed by atoms with Gasteiger partial charge in [0.2, 0.25) is 0 Å². The molecule has 2 rings (SSSR count). The molecule has 0 fully saturated rings. The van der Waals surface area contributed by atoms with E-state index < -0.39 is 0 Å². The van der Waals surface area contributed by atoms with Crippen molar-refractivity contribution in [3.8, 4) is 0 Å². The van der Waals surface area contributed by atoms with E-state index >= 15 is 0 Å². The summed E-state index contributed by atoms with van der Waals surface area (Å²) >= 11 is 0. The zero-order valence-electron chi connectivity index (χ0n) is 23.0. The van der Waals surface area contributed by atoms with Gasteiger partial charge in [0, 0.05) is 16.5 Å². The number of hydrogen-bond acceptors (Lipinski definition) is 2. The Hall–Kier alpha value is -1.99. The summed E-state index contributed by atoms with van der Waals surface area (Å²) in [6.45, 7) is 6.78. The number of allylic oxidation sites excluding steroid dienone is 2. The minimum Gasteiger partial charge on any atom is -0.252 e. The molecule has 0 saturated carbocycles. The largest absolute Gasteiger partial charge is 0.252 e. The number of rotatable bonds is 18. The molecule has 0 N–H and O–H groups in total. The van der Waals surface area contributed by atoms with Gasteiger partial charge in [0.05, 0.1) is 22.8 Å². The molecule has 3 heteroatoms. The molecular formula is C33H48N2Ni. The van der Waals surface area contributed by atoms with Crippen LogP contribution in [0.1, 0.15) is 110 Å². The number of aryl methyl sites for hydroxylation is 1. The first kappa shape index (κ1) is 32.0. The van der Waals surface area contributed by atoms with Crippen LogP contribution in [0.3, 0.4) is 0 Å². The normalized spacial score (nSPS) is 12.2. The van der Waals surface area contributed by atoms with Crippen LogP contribution in [-0.2, 0) is 22.9 Å². The molecule has 0 aromatic heterocycles. The van der Waals surface area contributed by atoms with Crippen molar-refractivity contribution in [2.24, 2.45) is 9.98 Å². The Kier molecular flexibility index (Phi) is 18.8. The van der Waals surface area contributed by atoms with E-state index in [-0.39, 0.29) is 16.5 Å². The standard InChI is InChI=1S/C33H48N2.Ni/c1-4-7-10-11-12-13-14-17-22-29-23-20-21-27-31(29)35-33(26-9-6-3)32(28-16-8-5-2)34-30-24-18-15-19-25-30;/h12-13,15,18-21,23-25,27H,4-11,14,16-17,22,26,28H2,1-3H3;. The second kappa shape index (κ2) is 21.1. The van der Waals surface area contributed by atoms with Crippen molar-refractivity contribution in [2.45, 2.75) is 111 Å². The number of para-hydroxylation sites is 2. The third-order valence-corrected chi connectivity index (χ3v) is 6.34. The second-order valence-corrected chi connectivity index (χ2v) is 9.50. The van der Waals surface area contributed by atoms with Crippen molar-refractivity contribution in [3.63, 3.8) is 0 Å². The fourth-order valence-electron chi connectivity index (χ4n) is 4.21. The Bertz CT molecular complexity index is 899. The molecule has 0 saturated heterocycles. The van der Waals surface area contributed by atoms with Gasteiger partial charge in [-0.3, -0.25) is 9.98 Å². The van der Waals surface area contributed by atoms with Crippen LogP contribution in [0.4, 0.5) is 11.4 Å². The minimum absolute atomic E-state index is 0. The third-order valence-electron chi connectivity index (χ3n) is 6.34. The number of benzene rings is 2. The molecule has 2 nitrogen and oxygen atoms in total. The van der Waals surface area contributed by atoms with Crippen LogP contribution < -0.4 is 0 Å². The van der Waals surface area contributed by atoms with Gasteiger partial charge in [-0.15, -0.1) is 0 Å². The summed E-state index contributed by atoms with van der Waals surface area (Å²) in [6, 6.07) is 19.1. The monoisotopic (exact) mass is 530 g/mol. The van der Waals surface area contributed by atoms with E-state index in [0.717, 1.165) is 43.5 Å². The number of hydrogen-bond donors (Lipinski definition) is 0. The first-order valence-electron chi connectivity index (χ1n) is 14.2. The molecule has 0 atom stereocenters. The molecule has 0 heterocycles. The molecule has 0 radical (unpaired) electrons. The van der Waals surface area contributed by atoms with Gasteiger partial charge in [-0.05, 0) is 81.5 Å². The van der Waals surface area contributed by atoms with Crippen molar-refractivity contribution >= 4 is 22.8 Å². The molecule has 0 bridgehead atoms. The van der Waals surface area contributed by atoms with Gasteiger partial charge < -0.3 is 0 Å². The smallest absolute Gasteiger partial charge is 0.0665 e. The van der Waals surface area contributed by atoms with Crippen molar-refractivity contribution in [2.75, 3.05) is 0 Å². The molecule has 0 spiro atoms. The van der Waals surface area contributed by atoms with Gasteiger partial charge in [0.25, 0.3) is 0 Å². The average molecular weight is 531 g/mol. The molecule has 0 aliphatic rings. The van der Waals surface area contributed by atoms with Gasteiger partial charge >= 0.3 is 0 Å². The van der Waals surface area contributed by atoms with Crippen LogP contribution in [0.5, 0.6) is 0 Å². The maximum absolute atomic E-state index is 5.29. The quantitative estimate of drug-likeness (QED) is 0.0791. The van der Waals surface area contributed by atoms with Crippen molar-refractivity contribution in [1.82, 2.24) is 0 Å². The Morgan fingerprint density at radius 3 is 1.92 bits per heavy atom. The van der Waals surface area contributed by atoms with Crippen LogP contribution in [0.2, 0.25) is 0 Å². The first-order chi connectivity index (χ1) is 17.3. The SMILES string of the molecule is CCCCCC=CCCCc1ccccc1N=C(CCCC)C(CCCCC)=Nc1ccccc1.[Ni]. The Morgan fingerprint density at radius 2 is 1.19 bits per heavy atom. The Morgan fingerprint density at radius 1 is 0.611 bits per heavy atom. The van der Waals surface area contributed by atoms with Crippen LogP contribution in [0.25, 0.3) is 0 Å². The fourth-order valence-corrected chi connectivity index (χ4v) is 4.21. The van der Waals surface area contributed by atoms with Gasteiger partial charge in [0.15, 0.2) is 0 Å². The number of unbranched alkanes of at least 4 members (excludes halogenated alkanes) is 7. The molecular weight excluding hydrogens is 483 g/mol. The van der Waals surface area contributed by atoms with Crippen LogP contribution in [0, 0.1) is 0 Å². The maximum atomic E-state index is 5.29. The first-order valence-corrected chi connectivity index (χ1v) is 14.2. The molecule has 0 unspecified atom stereocenters. The van der Waals surface area contributed by atoms with Crippen molar-refractivity contribution < 1.29 is 16.5 Å². The third kappa shape index (κ3) is 13.4. The molecule has 2 aromatic rings. The van der Waals surface area contributed by atoms with E-state index in [1.807, 2.05) is 0 Å². The zero-order valence-corrected chi connectivity index (χ0v) is 23.9. The average Bonchev–Trinajstić information content (AvgIpc) is 2.89. The van der Waals surface area contributed by atoms with Crippen molar-refractivity contribution in [3.05, 3.63) is 72.3 Å². The Labute approximate surface area is 231 Å². The fraction of sp³-hybridized carbons (Fsp3) is 0.515. The van der Waals surface area contributed by atoms with Gasteiger partial charge in [-0.25, -0.2) is 0 Å². The van der Waals surface area contributed by atoms with E-state index in [1.165, 1.54) is 74.8 Å². The topological polar surface area (TPSA) is 24.7 Å². The zero-order chi connectivity index (χ0) is 25.0. The molecule has 2 aromatic carbocycles. The molecule has 0 aliphatic carbocycles. The van der Waals surface area contributed by atoms with E-state index in [2.05, 4.69) is 87.5 Å². The van der Waals surface area contributed by atoms with E-state index in [1.54, 1.807) is 0 Å². The summed E-state index contributed by atoms with van der Waals surface area (Å²) < 4.78 is 0. The molecule has 0 amide bonds. The summed E-state index contributed by atoms with van der Waals surface area (Å²) in [5.41, 5.74) is 5.86. The van der Waals surface area contributed by atoms with Crippen LogP contribution in [-0.4, -0.2) is 11.4 Å². The second-order valence-electron chi connectivity index (χ2n) is 9.50. The summed E-state index contributed by atoms with van der Waals surface area (Å²) in [5, 5.41) is 0. The minimum atomic E-state index is 0. The summed E-state index contributed by atoms with van der Waals surface area (Å²) in [5.74, 6) is 0. The van der Waals surface area contributed by atoms with Gasteiger partial charge in [-0.1, -0.05) is 101 Å². The van der Waals surface area contributed by atoms with E-state index in [4.69, 9.17) is 9.98 Å². The van der Waals surface area contributed by atoms with Gasteiger partial charge in [-0.2, -0.15) is 0 Å². The van der Waals surface area contributed by atoms with E-state index in [0.29, 0.717) is 0 Å². The van der Waals surface area contributed by atoms with E-state index in [9.17, 15) is 0 Å². The molecule has 0 aliphatic heterocycles. The summed E-state index contributed by atoms with van der Waals surface area (Å²) in [6.07, 6.45) is 21.2. The summed E-state index contributed by atoms with van der Waals surface area (Å²) in [4.78, 5) is 10.4.